The lowest BCUT2D eigenvalue weighted by atomic mass is 9.98. The van der Waals surface area contributed by atoms with Gasteiger partial charge in [0.1, 0.15) is 5.82 Å². The first-order valence-corrected chi connectivity index (χ1v) is 6.44. The van der Waals surface area contributed by atoms with Crippen LogP contribution in [0.1, 0.15) is 39.0 Å². The predicted octanol–water partition coefficient (Wildman–Crippen LogP) is 3.29. The second-order valence-corrected chi connectivity index (χ2v) is 4.65. The minimum absolute atomic E-state index is 0.346. The van der Waals surface area contributed by atoms with Crippen LogP contribution < -0.4 is 4.90 Å². The third-order valence-electron chi connectivity index (χ3n) is 3.15. The molecule has 1 saturated heterocycles. The summed E-state index contributed by atoms with van der Waals surface area (Å²) in [5, 5.41) is 0.346. The SMILES string of the molecule is CCCC1CCCCN1c1ccnc(Cl)n1. The Hall–Kier alpha value is -0.830. The maximum Gasteiger partial charge on any atom is 0.224 e. The maximum atomic E-state index is 5.84. The monoisotopic (exact) mass is 239 g/mol. The molecule has 16 heavy (non-hydrogen) atoms. The summed E-state index contributed by atoms with van der Waals surface area (Å²) in [4.78, 5) is 10.6. The molecule has 0 amide bonds. The number of hydrogen-bond donors (Lipinski definition) is 0. The zero-order valence-electron chi connectivity index (χ0n) is 9.69. The molecule has 0 aromatic carbocycles. The molecule has 4 heteroatoms. The number of aromatic nitrogens is 2. The highest BCUT2D eigenvalue weighted by atomic mass is 35.5. The molecule has 1 aromatic heterocycles. The van der Waals surface area contributed by atoms with E-state index < -0.39 is 0 Å². The fourth-order valence-corrected chi connectivity index (χ4v) is 2.56. The van der Waals surface area contributed by atoms with Gasteiger partial charge in [-0.2, -0.15) is 0 Å². The standard InChI is InChI=1S/C12H18ClN3/c1-2-5-10-6-3-4-9-16(10)11-7-8-14-12(13)15-11/h7-8,10H,2-6,9H2,1H3. The number of halogens is 1. The predicted molar refractivity (Wildman–Crippen MR) is 66.9 cm³/mol. The topological polar surface area (TPSA) is 29.0 Å². The van der Waals surface area contributed by atoms with Gasteiger partial charge < -0.3 is 4.90 Å². The van der Waals surface area contributed by atoms with E-state index in [0.29, 0.717) is 11.3 Å². The van der Waals surface area contributed by atoms with Gasteiger partial charge in [-0.15, -0.1) is 0 Å². The minimum atomic E-state index is 0.346. The molecule has 1 aliphatic heterocycles. The summed E-state index contributed by atoms with van der Waals surface area (Å²) in [5.41, 5.74) is 0. The Labute approximate surface area is 102 Å². The molecular weight excluding hydrogens is 222 g/mol. The summed E-state index contributed by atoms with van der Waals surface area (Å²) in [5.74, 6) is 0.984. The average molecular weight is 240 g/mol. The summed E-state index contributed by atoms with van der Waals surface area (Å²) in [6.07, 6.45) is 8.06. The van der Waals surface area contributed by atoms with Gasteiger partial charge >= 0.3 is 0 Å². The van der Waals surface area contributed by atoms with Crippen molar-refractivity contribution in [3.05, 3.63) is 17.5 Å². The van der Waals surface area contributed by atoms with E-state index in [-0.39, 0.29) is 0 Å². The Balaban J connectivity index is 2.16. The maximum absolute atomic E-state index is 5.84. The van der Waals surface area contributed by atoms with Gasteiger partial charge in [0.2, 0.25) is 5.28 Å². The lowest BCUT2D eigenvalue weighted by Crippen LogP contribution is -2.40. The van der Waals surface area contributed by atoms with Crippen LogP contribution in [0, 0.1) is 0 Å². The smallest absolute Gasteiger partial charge is 0.224 e. The van der Waals surface area contributed by atoms with E-state index >= 15 is 0 Å². The Morgan fingerprint density at radius 3 is 3.12 bits per heavy atom. The fraction of sp³-hybridized carbons (Fsp3) is 0.667. The van der Waals surface area contributed by atoms with Crippen molar-refractivity contribution in [3.63, 3.8) is 0 Å². The molecule has 0 bridgehead atoms. The first-order chi connectivity index (χ1) is 7.81. The van der Waals surface area contributed by atoms with Crippen LogP contribution in [0.25, 0.3) is 0 Å². The number of anilines is 1. The first kappa shape index (κ1) is 11.6. The summed E-state index contributed by atoms with van der Waals surface area (Å²) in [6.45, 7) is 3.33. The molecule has 0 radical (unpaired) electrons. The van der Waals surface area contributed by atoms with Crippen LogP contribution in [0.2, 0.25) is 5.28 Å². The van der Waals surface area contributed by atoms with E-state index in [2.05, 4.69) is 21.8 Å². The van der Waals surface area contributed by atoms with Crippen molar-refractivity contribution in [1.82, 2.24) is 9.97 Å². The normalized spacial score (nSPS) is 21.1. The van der Waals surface area contributed by atoms with Gasteiger partial charge in [-0.3, -0.25) is 0 Å². The van der Waals surface area contributed by atoms with E-state index in [1.54, 1.807) is 6.20 Å². The van der Waals surface area contributed by atoms with Crippen molar-refractivity contribution in [2.75, 3.05) is 11.4 Å². The molecular formula is C12H18ClN3. The zero-order chi connectivity index (χ0) is 11.4. The molecule has 0 aliphatic carbocycles. The Kier molecular flexibility index (Phi) is 3.99. The largest absolute Gasteiger partial charge is 0.353 e. The second kappa shape index (κ2) is 5.48. The van der Waals surface area contributed by atoms with Crippen LogP contribution in [0.4, 0.5) is 5.82 Å². The second-order valence-electron chi connectivity index (χ2n) is 4.32. The highest BCUT2D eigenvalue weighted by molar-refractivity contribution is 6.28. The van der Waals surface area contributed by atoms with Crippen molar-refractivity contribution in [2.45, 2.75) is 45.1 Å². The van der Waals surface area contributed by atoms with Gasteiger partial charge in [-0.25, -0.2) is 9.97 Å². The fourth-order valence-electron chi connectivity index (χ4n) is 2.42. The van der Waals surface area contributed by atoms with Crippen LogP contribution in [0.3, 0.4) is 0 Å². The van der Waals surface area contributed by atoms with Gasteiger partial charge in [-0.05, 0) is 43.4 Å². The van der Waals surface area contributed by atoms with Gasteiger partial charge in [0.15, 0.2) is 0 Å². The van der Waals surface area contributed by atoms with Gasteiger partial charge in [0, 0.05) is 18.8 Å². The molecule has 0 N–H and O–H groups in total. The van der Waals surface area contributed by atoms with Crippen molar-refractivity contribution in [1.29, 1.82) is 0 Å². The van der Waals surface area contributed by atoms with Gasteiger partial charge in [0.05, 0.1) is 0 Å². The van der Waals surface area contributed by atoms with E-state index in [1.165, 1.54) is 32.1 Å². The van der Waals surface area contributed by atoms with Gasteiger partial charge in [-0.1, -0.05) is 13.3 Å². The lowest BCUT2D eigenvalue weighted by Gasteiger charge is -2.36. The summed E-state index contributed by atoms with van der Waals surface area (Å²) >= 11 is 5.84. The van der Waals surface area contributed by atoms with Crippen LogP contribution in [-0.2, 0) is 0 Å². The molecule has 2 rings (SSSR count). The zero-order valence-corrected chi connectivity index (χ0v) is 10.5. The van der Waals surface area contributed by atoms with E-state index in [4.69, 9.17) is 11.6 Å². The van der Waals surface area contributed by atoms with E-state index in [1.807, 2.05) is 6.07 Å². The van der Waals surface area contributed by atoms with Gasteiger partial charge in [0.25, 0.3) is 0 Å². The number of rotatable bonds is 3. The molecule has 88 valence electrons. The number of hydrogen-bond acceptors (Lipinski definition) is 3. The summed E-state index contributed by atoms with van der Waals surface area (Å²) in [6, 6.07) is 2.59. The summed E-state index contributed by atoms with van der Waals surface area (Å²) < 4.78 is 0. The Morgan fingerprint density at radius 2 is 2.38 bits per heavy atom. The van der Waals surface area contributed by atoms with Crippen LogP contribution in [0.5, 0.6) is 0 Å². The molecule has 1 fully saturated rings. The van der Waals surface area contributed by atoms with Crippen molar-refractivity contribution < 1.29 is 0 Å². The molecule has 0 saturated carbocycles. The number of piperidine rings is 1. The van der Waals surface area contributed by atoms with Crippen molar-refractivity contribution in [3.8, 4) is 0 Å². The minimum Gasteiger partial charge on any atom is -0.353 e. The molecule has 1 aliphatic rings. The van der Waals surface area contributed by atoms with Crippen molar-refractivity contribution >= 4 is 17.4 Å². The third-order valence-corrected chi connectivity index (χ3v) is 3.34. The van der Waals surface area contributed by atoms with E-state index in [9.17, 15) is 0 Å². The first-order valence-electron chi connectivity index (χ1n) is 6.06. The van der Waals surface area contributed by atoms with Crippen LogP contribution >= 0.6 is 11.6 Å². The van der Waals surface area contributed by atoms with Crippen molar-refractivity contribution in [2.24, 2.45) is 0 Å². The number of nitrogens with zero attached hydrogens (tertiary/aromatic N) is 3. The highest BCUT2D eigenvalue weighted by Crippen LogP contribution is 2.26. The molecule has 1 atom stereocenters. The highest BCUT2D eigenvalue weighted by Gasteiger charge is 2.22. The van der Waals surface area contributed by atoms with E-state index in [0.717, 1.165) is 12.4 Å². The summed E-state index contributed by atoms with van der Waals surface area (Å²) in [7, 11) is 0. The third kappa shape index (κ3) is 2.64. The Bertz CT molecular complexity index is 341. The molecule has 2 heterocycles. The molecule has 0 spiro atoms. The quantitative estimate of drug-likeness (QED) is 0.758. The molecule has 1 unspecified atom stereocenters. The average Bonchev–Trinajstić information content (AvgIpc) is 2.30. The Morgan fingerprint density at radius 1 is 1.50 bits per heavy atom. The molecule has 1 aromatic rings. The molecule has 3 nitrogen and oxygen atoms in total. The van der Waals surface area contributed by atoms with Crippen LogP contribution in [-0.4, -0.2) is 22.6 Å². The van der Waals surface area contributed by atoms with Crippen LogP contribution in [0.15, 0.2) is 12.3 Å². The lowest BCUT2D eigenvalue weighted by molar-refractivity contribution is 0.431.